The van der Waals surface area contributed by atoms with Crippen molar-refractivity contribution in [3.8, 4) is 5.75 Å². The molecule has 40 heavy (non-hydrogen) atoms. The molecule has 2 aromatic carbocycles. The van der Waals surface area contributed by atoms with Crippen molar-refractivity contribution in [2.45, 2.75) is 44.1 Å². The smallest absolute Gasteiger partial charge is 0.244 e. The van der Waals surface area contributed by atoms with Gasteiger partial charge >= 0.3 is 0 Å². The number of hydrogen-bond donors (Lipinski definition) is 2. The first kappa shape index (κ1) is 29.6. The van der Waals surface area contributed by atoms with Crippen LogP contribution in [0.25, 0.3) is 0 Å². The van der Waals surface area contributed by atoms with Crippen LogP contribution >= 0.6 is 11.6 Å². The molecule has 2 heterocycles. The second-order valence-corrected chi connectivity index (χ2v) is 12.7. The number of piperidine rings is 1. The molecule has 0 aliphatic carbocycles. The Morgan fingerprint density at radius 2 is 1.90 bits per heavy atom. The first-order valence-electron chi connectivity index (χ1n) is 13.1. The molecule has 0 bridgehead atoms. The Hall–Kier alpha value is -3.41. The van der Waals surface area contributed by atoms with Gasteiger partial charge in [0, 0.05) is 56.8 Å². The summed E-state index contributed by atoms with van der Waals surface area (Å²) < 4.78 is 33.0. The molecule has 1 aliphatic heterocycles. The largest absolute Gasteiger partial charge is 0.491 e. The lowest BCUT2D eigenvalue weighted by molar-refractivity contribution is -0.122. The average molecular weight is 587 g/mol. The third-order valence-corrected chi connectivity index (χ3v) is 8.87. The predicted octanol–water partition coefficient (Wildman–Crippen LogP) is 4.20. The molecule has 1 aliphatic rings. The molecule has 214 valence electrons. The lowest BCUT2D eigenvalue weighted by Gasteiger charge is -2.32. The number of amides is 1. The van der Waals surface area contributed by atoms with Crippen molar-refractivity contribution in [1.82, 2.24) is 14.3 Å². The van der Waals surface area contributed by atoms with E-state index < -0.39 is 10.0 Å². The van der Waals surface area contributed by atoms with Crippen molar-refractivity contribution in [3.63, 3.8) is 0 Å². The first-order valence-corrected chi connectivity index (χ1v) is 14.9. The van der Waals surface area contributed by atoms with Crippen LogP contribution in [0.1, 0.15) is 38.1 Å². The second kappa shape index (κ2) is 12.4. The maximum absolute atomic E-state index is 12.8. The highest BCUT2D eigenvalue weighted by Gasteiger charge is 2.25. The first-order chi connectivity index (χ1) is 19.0. The highest BCUT2D eigenvalue weighted by Crippen LogP contribution is 2.32. The maximum atomic E-state index is 12.8. The van der Waals surface area contributed by atoms with Gasteiger partial charge in [-0.25, -0.2) is 22.7 Å². The number of para-hydroxylation sites is 1. The number of carbonyl (C=O) groups is 1. The number of benzene rings is 2. The van der Waals surface area contributed by atoms with E-state index in [-0.39, 0.29) is 27.8 Å². The second-order valence-electron chi connectivity index (χ2n) is 10.2. The van der Waals surface area contributed by atoms with Crippen LogP contribution in [0.3, 0.4) is 0 Å². The third-order valence-electron chi connectivity index (χ3n) is 6.72. The van der Waals surface area contributed by atoms with Crippen molar-refractivity contribution < 1.29 is 17.9 Å². The quantitative estimate of drug-likeness (QED) is 0.361. The van der Waals surface area contributed by atoms with Gasteiger partial charge in [-0.05, 0) is 44.9 Å². The van der Waals surface area contributed by atoms with Crippen LogP contribution in [0.2, 0.25) is 5.02 Å². The number of sulfonamides is 1. The summed E-state index contributed by atoms with van der Waals surface area (Å²) in [6.45, 7) is 5.42. The number of anilines is 3. The Morgan fingerprint density at radius 3 is 2.55 bits per heavy atom. The standard InChI is InChI=1S/C28H35ClN6O4S/c1-18(2)39-24-16-21(35-13-11-19(12-14-35)27(30)36)10-9-20(24)15-26-31-17-22(29)28(33-26)32-23-7-5-6-8-25(23)40(37,38)34(3)4/h5-10,16-19H,11-15H2,1-4H3,(H2,30,36)(H,31,32,33). The lowest BCUT2D eigenvalue weighted by atomic mass is 9.95. The van der Waals surface area contributed by atoms with Crippen molar-refractivity contribution in [2.24, 2.45) is 11.7 Å². The molecule has 4 rings (SSSR count). The summed E-state index contributed by atoms with van der Waals surface area (Å²) in [6, 6.07) is 12.6. The number of nitrogens with zero attached hydrogens (tertiary/aromatic N) is 4. The summed E-state index contributed by atoms with van der Waals surface area (Å²) in [5, 5.41) is 3.34. The fraction of sp³-hybridized carbons (Fsp3) is 0.393. The minimum absolute atomic E-state index is 0.0480. The van der Waals surface area contributed by atoms with E-state index in [2.05, 4.69) is 20.2 Å². The summed E-state index contributed by atoms with van der Waals surface area (Å²) in [5.41, 5.74) is 7.76. The molecule has 0 spiro atoms. The average Bonchev–Trinajstić information content (AvgIpc) is 2.91. The van der Waals surface area contributed by atoms with Crippen LogP contribution in [0.4, 0.5) is 17.2 Å². The van der Waals surface area contributed by atoms with Gasteiger partial charge in [0.1, 0.15) is 21.5 Å². The monoisotopic (exact) mass is 586 g/mol. The van der Waals surface area contributed by atoms with Gasteiger partial charge in [0.2, 0.25) is 15.9 Å². The van der Waals surface area contributed by atoms with Crippen LogP contribution in [0.15, 0.2) is 53.6 Å². The molecule has 1 saturated heterocycles. The number of hydrogen-bond acceptors (Lipinski definition) is 8. The molecular formula is C28H35ClN6O4S. The predicted molar refractivity (Wildman–Crippen MR) is 157 cm³/mol. The zero-order chi connectivity index (χ0) is 29.0. The van der Waals surface area contributed by atoms with Crippen molar-refractivity contribution in [1.29, 1.82) is 0 Å². The minimum atomic E-state index is -3.70. The van der Waals surface area contributed by atoms with Crippen LogP contribution in [-0.4, -0.2) is 61.9 Å². The molecule has 0 saturated carbocycles. The third kappa shape index (κ3) is 6.83. The number of aromatic nitrogens is 2. The van der Waals surface area contributed by atoms with Gasteiger partial charge in [-0.3, -0.25) is 4.79 Å². The SMILES string of the molecule is CC(C)Oc1cc(N2CCC(C(N)=O)CC2)ccc1Cc1ncc(Cl)c(Nc2ccccc2S(=O)(=O)N(C)C)n1. The summed E-state index contributed by atoms with van der Waals surface area (Å²) in [4.78, 5) is 22.9. The number of ether oxygens (including phenoxy) is 1. The van der Waals surface area contributed by atoms with Crippen LogP contribution in [0, 0.1) is 5.92 Å². The van der Waals surface area contributed by atoms with E-state index >= 15 is 0 Å². The lowest BCUT2D eigenvalue weighted by Crippen LogP contribution is -2.38. The summed E-state index contributed by atoms with van der Waals surface area (Å²) >= 11 is 6.41. The molecule has 1 amide bonds. The number of rotatable bonds is 10. The van der Waals surface area contributed by atoms with E-state index in [9.17, 15) is 13.2 Å². The molecular weight excluding hydrogens is 552 g/mol. The zero-order valence-electron chi connectivity index (χ0n) is 23.1. The van der Waals surface area contributed by atoms with Crippen LogP contribution < -0.4 is 20.7 Å². The molecule has 0 unspecified atom stereocenters. The molecule has 10 nitrogen and oxygen atoms in total. The van der Waals surface area contributed by atoms with Gasteiger partial charge in [0.15, 0.2) is 5.82 Å². The molecule has 1 fully saturated rings. The van der Waals surface area contributed by atoms with Gasteiger partial charge in [0.05, 0.1) is 18.0 Å². The number of nitrogens with two attached hydrogens (primary N) is 1. The number of primary amides is 1. The molecule has 3 aromatic rings. The van der Waals surface area contributed by atoms with E-state index in [0.717, 1.165) is 47.2 Å². The highest BCUT2D eigenvalue weighted by atomic mass is 35.5. The zero-order valence-corrected chi connectivity index (χ0v) is 24.7. The molecule has 0 atom stereocenters. The number of halogens is 1. The minimum Gasteiger partial charge on any atom is -0.491 e. The fourth-order valence-corrected chi connectivity index (χ4v) is 5.72. The molecule has 3 N–H and O–H groups in total. The maximum Gasteiger partial charge on any atom is 0.244 e. The van der Waals surface area contributed by atoms with Gasteiger partial charge < -0.3 is 20.7 Å². The van der Waals surface area contributed by atoms with E-state index in [0.29, 0.717) is 23.8 Å². The Labute approximate surface area is 240 Å². The van der Waals surface area contributed by atoms with E-state index in [1.165, 1.54) is 26.4 Å². The van der Waals surface area contributed by atoms with Crippen LogP contribution in [0.5, 0.6) is 5.75 Å². The molecule has 12 heteroatoms. The van der Waals surface area contributed by atoms with Gasteiger partial charge in [-0.15, -0.1) is 0 Å². The fourth-order valence-electron chi connectivity index (χ4n) is 4.54. The van der Waals surface area contributed by atoms with E-state index in [1.807, 2.05) is 32.0 Å². The number of nitrogens with one attached hydrogen (secondary N) is 1. The Bertz CT molecular complexity index is 1470. The Balaban J connectivity index is 1.59. The molecule has 0 radical (unpaired) electrons. The van der Waals surface area contributed by atoms with Crippen molar-refractivity contribution in [2.75, 3.05) is 37.4 Å². The normalized spacial score (nSPS) is 14.5. The highest BCUT2D eigenvalue weighted by molar-refractivity contribution is 7.89. The summed E-state index contributed by atoms with van der Waals surface area (Å²) in [6.07, 6.45) is 3.27. The van der Waals surface area contributed by atoms with E-state index in [1.54, 1.807) is 18.2 Å². The summed E-state index contributed by atoms with van der Waals surface area (Å²) in [7, 11) is -0.738. The van der Waals surface area contributed by atoms with Gasteiger partial charge in [-0.1, -0.05) is 29.8 Å². The topological polar surface area (TPSA) is 131 Å². The van der Waals surface area contributed by atoms with Crippen LogP contribution in [-0.2, 0) is 21.2 Å². The summed E-state index contributed by atoms with van der Waals surface area (Å²) in [5.74, 6) is 1.19. The number of carbonyl (C=O) groups excluding carboxylic acids is 1. The van der Waals surface area contributed by atoms with Crippen molar-refractivity contribution >= 4 is 44.7 Å². The van der Waals surface area contributed by atoms with Gasteiger partial charge in [-0.2, -0.15) is 0 Å². The molecule has 1 aromatic heterocycles. The van der Waals surface area contributed by atoms with E-state index in [4.69, 9.17) is 22.1 Å². The Morgan fingerprint density at radius 1 is 1.20 bits per heavy atom. The Kier molecular flexibility index (Phi) is 9.17. The van der Waals surface area contributed by atoms with Gasteiger partial charge in [0.25, 0.3) is 0 Å². The van der Waals surface area contributed by atoms with Crippen molar-refractivity contribution in [3.05, 3.63) is 65.1 Å².